The zero-order chi connectivity index (χ0) is 42.7. The topological polar surface area (TPSA) is 186 Å². The number of carbonyl (C=O) groups excluding carboxylic acids is 3. The van der Waals surface area contributed by atoms with Crippen LogP contribution in [0.5, 0.6) is 17.2 Å². The van der Waals surface area contributed by atoms with Gasteiger partial charge in [0.1, 0.15) is 41.3 Å². The Kier molecular flexibility index (Phi) is 11.2. The summed E-state index contributed by atoms with van der Waals surface area (Å²) < 4.78 is 35.0. The number of fused-ring (bicyclic) bond motifs is 2. The molecule has 2 aromatic rings. The van der Waals surface area contributed by atoms with Crippen LogP contribution in [0.2, 0.25) is 0 Å². The average Bonchev–Trinajstić information content (AvgIpc) is 3.67. The predicted molar refractivity (Wildman–Crippen MR) is 221 cm³/mol. The number of aliphatic hydroxyl groups excluding tert-OH is 1. The van der Waals surface area contributed by atoms with Gasteiger partial charge in [0, 0.05) is 42.5 Å². The van der Waals surface area contributed by atoms with E-state index in [1.54, 1.807) is 17.7 Å². The summed E-state index contributed by atoms with van der Waals surface area (Å²) in [6.07, 6.45) is 13.6. The van der Waals surface area contributed by atoms with Crippen LogP contribution in [0.15, 0.2) is 47.4 Å². The molecule has 7 unspecified atom stereocenters. The van der Waals surface area contributed by atoms with Gasteiger partial charge < -0.3 is 39.8 Å². The van der Waals surface area contributed by atoms with E-state index in [0.717, 1.165) is 12.0 Å². The maximum atomic E-state index is 16.1. The Balaban J connectivity index is 1.52. The number of nitrogens with one attached hydrogen (secondary N) is 1. The minimum absolute atomic E-state index is 0.0100. The van der Waals surface area contributed by atoms with E-state index in [2.05, 4.69) is 41.4 Å². The molecule has 3 aliphatic heterocycles. The number of nitrogen functional groups attached to an aromatic ring is 1. The molecule has 6 aliphatic rings. The highest BCUT2D eigenvalue weighted by Crippen LogP contribution is 2.72. The first-order chi connectivity index (χ1) is 27.9. The van der Waals surface area contributed by atoms with Crippen molar-refractivity contribution in [2.75, 3.05) is 39.1 Å². The molecule has 4 N–H and O–H groups in total. The lowest BCUT2D eigenvalue weighted by Gasteiger charge is -2.62. The summed E-state index contributed by atoms with van der Waals surface area (Å²) in [6, 6.07) is -0.818. The molecule has 1 aromatic carbocycles. The Hall–Kier alpha value is -4.79. The van der Waals surface area contributed by atoms with Gasteiger partial charge in [-0.15, -0.1) is 5.10 Å². The van der Waals surface area contributed by atoms with Crippen molar-refractivity contribution in [3.05, 3.63) is 64.0 Å². The number of methoxy groups -OCH3 is 1. The van der Waals surface area contributed by atoms with Crippen molar-refractivity contribution in [3.8, 4) is 17.2 Å². The molecule has 8 rings (SSSR count). The molecule has 3 aliphatic carbocycles. The molecule has 0 amide bonds. The van der Waals surface area contributed by atoms with E-state index in [0.29, 0.717) is 60.6 Å². The molecule has 59 heavy (non-hydrogen) atoms. The van der Waals surface area contributed by atoms with E-state index < -0.39 is 52.2 Å². The number of Topliss-reactive ketones (excluding diaryl/α,β-unsaturated/α-hetero) is 2. The molecule has 7 atom stereocenters. The molecule has 0 radical (unpaired) electrons. The summed E-state index contributed by atoms with van der Waals surface area (Å²) >= 11 is 0. The Labute approximate surface area is 346 Å². The molecule has 3 saturated carbocycles. The smallest absolute Gasteiger partial charge is 0.333 e. The number of ketones is 2. The number of nitrogens with two attached hydrogens (primary N) is 1. The summed E-state index contributed by atoms with van der Waals surface area (Å²) in [7, 11) is 1.31. The van der Waals surface area contributed by atoms with Crippen LogP contribution >= 0.6 is 0 Å². The molecule has 14 nitrogen and oxygen atoms in total. The largest absolute Gasteiger partial charge is 0.491 e. The van der Waals surface area contributed by atoms with Crippen LogP contribution < -0.4 is 25.3 Å². The fraction of sp³-hybridized carbons (Fsp3) is 0.578. The SMILES string of the molecule is COC(=O)C(C)=CCC12OC(C)(C)C3CC(C1=O)C(n1cnc(N)n1)C1C(=O)c4c(OCCNCCO)c5c(c(CC=C(C)C)c4OC132)OC(C)(CCC=C(C)C)C=C5. The van der Waals surface area contributed by atoms with Crippen LogP contribution in [0.3, 0.4) is 0 Å². The highest BCUT2D eigenvalue weighted by Gasteiger charge is 2.86. The monoisotopic (exact) mass is 813 g/mol. The van der Waals surface area contributed by atoms with Gasteiger partial charge in [-0.25, -0.2) is 14.5 Å². The Morgan fingerprint density at radius 3 is 2.47 bits per heavy atom. The van der Waals surface area contributed by atoms with Crippen LogP contribution in [0, 0.1) is 17.8 Å². The first-order valence-electron chi connectivity index (χ1n) is 20.7. The number of aromatic nitrogens is 3. The number of esters is 1. The quantitative estimate of drug-likeness (QED) is 0.0863. The van der Waals surface area contributed by atoms with E-state index >= 15 is 9.59 Å². The fourth-order valence-electron chi connectivity index (χ4n) is 10.3. The second kappa shape index (κ2) is 15.7. The summed E-state index contributed by atoms with van der Waals surface area (Å²) in [6.45, 7) is 16.6. The van der Waals surface area contributed by atoms with Crippen LogP contribution in [0.4, 0.5) is 5.95 Å². The van der Waals surface area contributed by atoms with Crippen molar-refractivity contribution in [3.63, 3.8) is 0 Å². The number of ether oxygens (including phenoxy) is 5. The third-order valence-electron chi connectivity index (χ3n) is 12.9. The van der Waals surface area contributed by atoms with Crippen molar-refractivity contribution >= 4 is 29.6 Å². The molecule has 4 heterocycles. The van der Waals surface area contributed by atoms with Crippen LogP contribution in [-0.2, 0) is 25.5 Å². The van der Waals surface area contributed by atoms with E-state index in [4.69, 9.17) is 29.4 Å². The average molecular weight is 814 g/mol. The van der Waals surface area contributed by atoms with Crippen LogP contribution in [0.1, 0.15) is 109 Å². The number of hydrogen-bond acceptors (Lipinski definition) is 13. The number of allylic oxidation sites excluding steroid dienone is 4. The first-order valence-corrected chi connectivity index (χ1v) is 20.7. The van der Waals surface area contributed by atoms with Gasteiger partial charge in [0.15, 0.2) is 22.8 Å². The maximum absolute atomic E-state index is 16.1. The number of rotatable bonds is 15. The second-order valence-electron chi connectivity index (χ2n) is 17.8. The summed E-state index contributed by atoms with van der Waals surface area (Å²) in [5, 5.41) is 17.1. The summed E-state index contributed by atoms with van der Waals surface area (Å²) in [5.74, 6) is -2.08. The van der Waals surface area contributed by atoms with Gasteiger partial charge in [0.05, 0.1) is 36.8 Å². The third-order valence-corrected chi connectivity index (χ3v) is 12.9. The molecule has 318 valence electrons. The molecule has 1 saturated heterocycles. The van der Waals surface area contributed by atoms with Gasteiger partial charge >= 0.3 is 5.97 Å². The minimum Gasteiger partial charge on any atom is -0.491 e. The minimum atomic E-state index is -1.68. The normalized spacial score (nSPS) is 29.5. The number of hydrogen-bond donors (Lipinski definition) is 3. The number of aliphatic hydroxyl groups is 1. The molecule has 4 fully saturated rings. The number of nitrogens with zero attached hydrogens (tertiary/aromatic N) is 3. The number of benzene rings is 1. The van der Waals surface area contributed by atoms with Crippen molar-refractivity contribution in [2.45, 2.75) is 116 Å². The zero-order valence-corrected chi connectivity index (χ0v) is 35.8. The second-order valence-corrected chi connectivity index (χ2v) is 17.8. The van der Waals surface area contributed by atoms with Gasteiger partial charge in [-0.1, -0.05) is 29.4 Å². The predicted octanol–water partition coefficient (Wildman–Crippen LogP) is 5.69. The van der Waals surface area contributed by atoms with E-state index in [9.17, 15) is 9.90 Å². The lowest BCUT2D eigenvalue weighted by atomic mass is 9.45. The van der Waals surface area contributed by atoms with Crippen molar-refractivity contribution in [1.82, 2.24) is 20.1 Å². The number of carbonyl (C=O) groups is 3. The van der Waals surface area contributed by atoms with E-state index in [1.807, 2.05) is 46.8 Å². The maximum Gasteiger partial charge on any atom is 0.333 e. The molecule has 4 bridgehead atoms. The van der Waals surface area contributed by atoms with Crippen molar-refractivity contribution < 1.29 is 43.2 Å². The van der Waals surface area contributed by atoms with Crippen molar-refractivity contribution in [2.24, 2.45) is 17.8 Å². The van der Waals surface area contributed by atoms with E-state index in [1.165, 1.54) is 19.0 Å². The van der Waals surface area contributed by atoms with Gasteiger partial charge in [-0.3, -0.25) is 9.59 Å². The standard InChI is InChI=1S/C45H59N5O9/c1-25(2)11-10-16-43(8)17-15-29-36(57-43)28(13-12-26(3)4)38-32(37(29)56-22-20-47-19-21-51)35(52)33-34(50-24-48-41(46)49-50)30-23-31-42(6,7)59-44(39(30)53,45(31,33)58-38)18-14-27(5)40(54)55-9/h11-12,14-15,17,24,30-31,33-34,47,51H,10,13,16,18-23H2,1-9H3,(H2,46,49). The summed E-state index contributed by atoms with van der Waals surface area (Å²) in [5.41, 5.74) is 5.32. The fourth-order valence-corrected chi connectivity index (χ4v) is 10.3. The third kappa shape index (κ3) is 6.90. The summed E-state index contributed by atoms with van der Waals surface area (Å²) in [4.78, 5) is 48.5. The highest BCUT2D eigenvalue weighted by atomic mass is 16.6. The Bertz CT molecular complexity index is 2160. The van der Waals surface area contributed by atoms with Crippen LogP contribution in [0.25, 0.3) is 6.08 Å². The number of anilines is 1. The lowest BCUT2D eigenvalue weighted by Crippen LogP contribution is -2.78. The Morgan fingerprint density at radius 2 is 1.81 bits per heavy atom. The van der Waals surface area contributed by atoms with Gasteiger partial charge in [0.25, 0.3) is 0 Å². The molecule has 1 aromatic heterocycles. The van der Waals surface area contributed by atoms with Gasteiger partial charge in [0.2, 0.25) is 5.95 Å². The lowest BCUT2D eigenvalue weighted by molar-refractivity contribution is -0.209. The van der Waals surface area contributed by atoms with E-state index in [-0.39, 0.29) is 48.5 Å². The zero-order valence-electron chi connectivity index (χ0n) is 35.8. The molecule has 14 heteroatoms. The van der Waals surface area contributed by atoms with Gasteiger partial charge in [-0.2, -0.15) is 0 Å². The van der Waals surface area contributed by atoms with Crippen molar-refractivity contribution in [1.29, 1.82) is 0 Å². The molecular formula is C45H59N5O9. The molecule has 1 spiro atoms. The Morgan fingerprint density at radius 1 is 1.07 bits per heavy atom. The first kappa shape index (κ1) is 42.3. The van der Waals surface area contributed by atoms with Crippen LogP contribution in [-0.4, -0.2) is 93.2 Å². The molecular weight excluding hydrogens is 755 g/mol. The van der Waals surface area contributed by atoms with Gasteiger partial charge in [-0.05, 0) is 93.2 Å². The highest BCUT2D eigenvalue weighted by molar-refractivity contribution is 6.10.